The number of ether oxygens (including phenoxy) is 1. The molecule has 1 heterocycles. The molecule has 1 aliphatic heterocycles. The molecule has 25 heavy (non-hydrogen) atoms. The third-order valence-corrected chi connectivity index (χ3v) is 3.51. The van der Waals surface area contributed by atoms with Gasteiger partial charge in [-0.1, -0.05) is 20.3 Å². The number of alkyl halides is 4. The van der Waals surface area contributed by atoms with Gasteiger partial charge in [0.15, 0.2) is 0 Å². The first-order valence-electron chi connectivity index (χ1n) is 8.43. The van der Waals surface area contributed by atoms with Gasteiger partial charge in [0.05, 0.1) is 0 Å². The molecule has 1 aromatic carbocycles. The van der Waals surface area contributed by atoms with Crippen molar-refractivity contribution in [1.82, 2.24) is 4.90 Å². The molecule has 0 aliphatic carbocycles. The lowest BCUT2D eigenvalue weighted by molar-refractivity contribution is -0.274. The molecule has 0 bridgehead atoms. The van der Waals surface area contributed by atoms with Gasteiger partial charge in [-0.15, -0.1) is 24.8 Å². The zero-order valence-corrected chi connectivity index (χ0v) is 16.8. The summed E-state index contributed by atoms with van der Waals surface area (Å²) in [5.41, 5.74) is 0.731. The van der Waals surface area contributed by atoms with Crippen LogP contribution >= 0.6 is 11.6 Å². The first-order valence-corrected chi connectivity index (χ1v) is 9.19. The van der Waals surface area contributed by atoms with E-state index in [0.29, 0.717) is 0 Å². The maximum absolute atomic E-state index is 11.7. The predicted molar refractivity (Wildman–Crippen MR) is 102 cm³/mol. The minimum Gasteiger partial charge on any atom is -0.406 e. The fourth-order valence-corrected chi connectivity index (χ4v) is 2.07. The summed E-state index contributed by atoms with van der Waals surface area (Å²) < 4.78 is 38.7. The van der Waals surface area contributed by atoms with Crippen molar-refractivity contribution in [2.45, 2.75) is 52.4 Å². The molecule has 148 valence electrons. The van der Waals surface area contributed by atoms with E-state index in [9.17, 15) is 13.2 Å². The Balaban J connectivity index is 0. The summed E-state index contributed by atoms with van der Waals surface area (Å²) in [4.78, 5) is 2.43. The largest absolute Gasteiger partial charge is 0.573 e. The van der Waals surface area contributed by atoms with Crippen LogP contribution in [0.1, 0.15) is 40.0 Å². The number of anilines is 1. The predicted octanol–water partition coefficient (Wildman–Crippen LogP) is 6.00. The van der Waals surface area contributed by atoms with E-state index in [2.05, 4.69) is 40.5 Å². The smallest absolute Gasteiger partial charge is 0.406 e. The van der Waals surface area contributed by atoms with Gasteiger partial charge >= 0.3 is 6.36 Å². The monoisotopic (exact) mass is 384 g/mol. The molecule has 2 rings (SSSR count). The van der Waals surface area contributed by atoms with Gasteiger partial charge < -0.3 is 15.0 Å². The Hall–Kier alpha value is -1.14. The number of nitrogens with one attached hydrogen (secondary N) is 1. The van der Waals surface area contributed by atoms with Crippen molar-refractivity contribution in [1.29, 1.82) is 0 Å². The van der Waals surface area contributed by atoms with Crippen molar-refractivity contribution >= 4 is 17.3 Å². The van der Waals surface area contributed by atoms with Crippen molar-refractivity contribution in [2.75, 3.05) is 32.3 Å². The van der Waals surface area contributed by atoms with Crippen LogP contribution in [-0.4, -0.2) is 44.3 Å². The standard InChI is InChI=1S/C8H8F3NO.C7H15N.C2H6.CH3Cl/c1-12-6-2-4-7(5-3-6)13-8(9,10)11;1-7-5-3-4-6-8(7)2;2*1-2/h2-5,12H,1H3;7H,3-6H2,1-2H3;1-2H3;1H3. The maximum Gasteiger partial charge on any atom is 0.573 e. The van der Waals surface area contributed by atoms with Crippen molar-refractivity contribution in [3.8, 4) is 5.75 Å². The third kappa shape index (κ3) is 13.8. The molecule has 1 atom stereocenters. The zero-order valence-electron chi connectivity index (χ0n) is 16.1. The highest BCUT2D eigenvalue weighted by atomic mass is 35.5. The van der Waals surface area contributed by atoms with E-state index in [0.717, 1.165) is 11.7 Å². The second-order valence-electron chi connectivity index (χ2n) is 5.15. The van der Waals surface area contributed by atoms with Crippen molar-refractivity contribution in [3.05, 3.63) is 24.3 Å². The van der Waals surface area contributed by atoms with Gasteiger partial charge in [0, 0.05) is 25.2 Å². The lowest BCUT2D eigenvalue weighted by Gasteiger charge is -2.29. The van der Waals surface area contributed by atoms with Gasteiger partial charge in [0.2, 0.25) is 0 Å². The van der Waals surface area contributed by atoms with Crippen LogP contribution in [0.3, 0.4) is 0 Å². The average molecular weight is 385 g/mol. The normalized spacial score (nSPS) is 16.8. The van der Waals surface area contributed by atoms with Crippen LogP contribution in [0.15, 0.2) is 24.3 Å². The lowest BCUT2D eigenvalue weighted by atomic mass is 10.1. The number of nitrogens with zero attached hydrogens (tertiary/aromatic N) is 1. The molecule has 1 saturated heterocycles. The Bertz CT molecular complexity index is 404. The molecule has 1 unspecified atom stereocenters. The summed E-state index contributed by atoms with van der Waals surface area (Å²) in [5, 5.41) is 2.78. The van der Waals surface area contributed by atoms with Gasteiger partial charge in [0.25, 0.3) is 0 Å². The molecule has 7 heteroatoms. The van der Waals surface area contributed by atoms with E-state index in [1.807, 2.05) is 13.8 Å². The fraction of sp³-hybridized carbons (Fsp3) is 0.667. The van der Waals surface area contributed by atoms with Crippen LogP contribution < -0.4 is 10.1 Å². The number of hydrogen-bond donors (Lipinski definition) is 1. The highest BCUT2D eigenvalue weighted by Crippen LogP contribution is 2.23. The Labute approximate surface area is 155 Å². The Kier molecular flexibility index (Phi) is 15.8. The summed E-state index contributed by atoms with van der Waals surface area (Å²) >= 11 is 4.64. The Morgan fingerprint density at radius 2 is 1.64 bits per heavy atom. The van der Waals surface area contributed by atoms with Crippen molar-refractivity contribution in [3.63, 3.8) is 0 Å². The Morgan fingerprint density at radius 3 is 1.96 bits per heavy atom. The highest BCUT2D eigenvalue weighted by molar-refractivity contribution is 6.15. The summed E-state index contributed by atoms with van der Waals surface area (Å²) in [6.07, 6.45) is 1.09. The number of piperidine rings is 1. The van der Waals surface area contributed by atoms with Gasteiger partial charge in [-0.25, -0.2) is 0 Å². The molecule has 1 fully saturated rings. The quantitative estimate of drug-likeness (QED) is 0.633. The minimum absolute atomic E-state index is 0.216. The highest BCUT2D eigenvalue weighted by Gasteiger charge is 2.30. The zero-order chi connectivity index (χ0) is 19.9. The molecule has 0 aromatic heterocycles. The maximum atomic E-state index is 11.7. The van der Waals surface area contributed by atoms with Crippen LogP contribution in [0.2, 0.25) is 0 Å². The van der Waals surface area contributed by atoms with Crippen molar-refractivity contribution < 1.29 is 17.9 Å². The average Bonchev–Trinajstić information content (AvgIpc) is 2.61. The number of benzene rings is 1. The van der Waals surface area contributed by atoms with Gasteiger partial charge in [0.1, 0.15) is 5.75 Å². The molecule has 1 N–H and O–H groups in total. The van der Waals surface area contributed by atoms with E-state index < -0.39 is 6.36 Å². The molecule has 0 radical (unpaired) electrons. The lowest BCUT2D eigenvalue weighted by Crippen LogP contribution is -2.33. The topological polar surface area (TPSA) is 24.5 Å². The number of hydrogen-bond acceptors (Lipinski definition) is 3. The van der Waals surface area contributed by atoms with E-state index in [-0.39, 0.29) is 5.75 Å². The number of likely N-dealkylation sites (tertiary alicyclic amines) is 1. The number of rotatable bonds is 2. The molecule has 0 spiro atoms. The first-order chi connectivity index (χ1) is 11.8. The fourth-order valence-electron chi connectivity index (χ4n) is 2.07. The third-order valence-electron chi connectivity index (χ3n) is 3.51. The summed E-state index contributed by atoms with van der Waals surface area (Å²) in [6.45, 7) is 7.61. The van der Waals surface area contributed by atoms with E-state index in [1.165, 1.54) is 56.5 Å². The van der Waals surface area contributed by atoms with Gasteiger partial charge in [-0.3, -0.25) is 0 Å². The van der Waals surface area contributed by atoms with Gasteiger partial charge in [-0.05, 0) is 57.6 Å². The van der Waals surface area contributed by atoms with E-state index >= 15 is 0 Å². The summed E-state index contributed by atoms with van der Waals surface area (Å²) in [7, 11) is 3.89. The van der Waals surface area contributed by atoms with Crippen LogP contribution in [0, 0.1) is 0 Å². The van der Waals surface area contributed by atoms with E-state index in [4.69, 9.17) is 0 Å². The Morgan fingerprint density at radius 1 is 1.12 bits per heavy atom. The molecular weight excluding hydrogens is 353 g/mol. The summed E-state index contributed by atoms with van der Waals surface area (Å²) in [6, 6.07) is 6.34. The molecule has 3 nitrogen and oxygen atoms in total. The first kappa shape index (κ1) is 26.1. The SMILES string of the molecule is CC.CC1CCCCN1C.CCl.CNc1ccc(OC(F)(F)F)cc1. The summed E-state index contributed by atoms with van der Waals surface area (Å²) in [5.74, 6) is -0.216. The molecular formula is C18H32ClF3N2O. The van der Waals surface area contributed by atoms with Crippen LogP contribution in [0.4, 0.5) is 18.9 Å². The van der Waals surface area contributed by atoms with Gasteiger partial charge in [-0.2, -0.15) is 0 Å². The second-order valence-corrected chi connectivity index (χ2v) is 5.15. The molecule has 1 aromatic rings. The van der Waals surface area contributed by atoms with Crippen LogP contribution in [0.25, 0.3) is 0 Å². The van der Waals surface area contributed by atoms with Crippen molar-refractivity contribution in [2.24, 2.45) is 0 Å². The molecule has 0 amide bonds. The van der Waals surface area contributed by atoms with Crippen LogP contribution in [-0.2, 0) is 0 Å². The van der Waals surface area contributed by atoms with E-state index in [1.54, 1.807) is 7.05 Å². The molecule has 0 saturated carbocycles. The van der Waals surface area contributed by atoms with Crippen LogP contribution in [0.5, 0.6) is 5.75 Å². The minimum atomic E-state index is -4.62. The molecule has 1 aliphatic rings. The number of halogens is 4. The second kappa shape index (κ2) is 15.1.